The summed E-state index contributed by atoms with van der Waals surface area (Å²) in [6.07, 6.45) is 2.82. The van der Waals surface area contributed by atoms with Gasteiger partial charge in [0.2, 0.25) is 0 Å². The number of pyridine rings is 1. The summed E-state index contributed by atoms with van der Waals surface area (Å²) in [5.74, 6) is 0.731. The van der Waals surface area contributed by atoms with E-state index in [1.165, 1.54) is 16.8 Å². The Bertz CT molecular complexity index is 1600. The van der Waals surface area contributed by atoms with Crippen LogP contribution in [0.25, 0.3) is 10.9 Å². The van der Waals surface area contributed by atoms with Crippen molar-refractivity contribution in [3.63, 3.8) is 0 Å². The van der Waals surface area contributed by atoms with Gasteiger partial charge < -0.3 is 25.0 Å². The molecular weight excluding hydrogens is 562 g/mol. The molecule has 45 heavy (non-hydrogen) atoms. The molecule has 1 unspecified atom stereocenters. The number of anilines is 1. The lowest BCUT2D eigenvalue weighted by Crippen LogP contribution is -2.51. The number of ether oxygens (including phenoxy) is 1. The molecule has 2 aliphatic heterocycles. The Morgan fingerprint density at radius 2 is 1.82 bits per heavy atom. The maximum atomic E-state index is 13.1. The number of aromatic nitrogens is 1. The Kier molecular flexibility index (Phi) is 9.64. The van der Waals surface area contributed by atoms with Gasteiger partial charge in [0.25, 0.3) is 5.91 Å². The van der Waals surface area contributed by atoms with Crippen molar-refractivity contribution < 1.29 is 14.6 Å². The molecule has 6 rings (SSSR count). The zero-order valence-electron chi connectivity index (χ0n) is 26.7. The first-order valence-electron chi connectivity index (χ1n) is 16.1. The van der Waals surface area contributed by atoms with Gasteiger partial charge in [0.15, 0.2) is 0 Å². The molecule has 0 spiro atoms. The summed E-state index contributed by atoms with van der Waals surface area (Å²) in [6, 6.07) is 25.1. The molecule has 0 aliphatic carbocycles. The summed E-state index contributed by atoms with van der Waals surface area (Å²) < 4.78 is 5.38. The van der Waals surface area contributed by atoms with E-state index in [9.17, 15) is 9.90 Å². The third kappa shape index (κ3) is 7.47. The number of carbonyl (C=O) groups is 1. The highest BCUT2D eigenvalue weighted by Gasteiger charge is 2.26. The van der Waals surface area contributed by atoms with Crippen LogP contribution in [-0.4, -0.2) is 84.3 Å². The number of amides is 1. The molecule has 8 heteroatoms. The number of piperidine rings is 1. The second-order valence-electron chi connectivity index (χ2n) is 12.6. The van der Waals surface area contributed by atoms with Crippen LogP contribution < -0.4 is 15.0 Å². The summed E-state index contributed by atoms with van der Waals surface area (Å²) in [4.78, 5) is 24.8. The van der Waals surface area contributed by atoms with Gasteiger partial charge in [-0.25, -0.2) is 0 Å². The molecule has 3 aromatic carbocycles. The van der Waals surface area contributed by atoms with Crippen LogP contribution >= 0.6 is 0 Å². The number of nitrogens with one attached hydrogen (secondary N) is 1. The van der Waals surface area contributed by atoms with Crippen LogP contribution in [0.3, 0.4) is 0 Å². The van der Waals surface area contributed by atoms with Gasteiger partial charge in [-0.05, 0) is 91.9 Å². The molecule has 0 saturated carbocycles. The zero-order valence-corrected chi connectivity index (χ0v) is 26.7. The quantitative estimate of drug-likeness (QED) is 0.271. The first-order chi connectivity index (χ1) is 21.9. The summed E-state index contributed by atoms with van der Waals surface area (Å²) in [6.45, 7) is 10.6. The standard InChI is InChI=1S/C37H45N5O3/c1-26-5-4-6-31(21-26)42-20-19-41(27(2)23-42)24-28-7-9-29(10-8-28)37(44)39-30-14-17-40(18-15-30)25-36(43)33-13-16-38-35-12-11-32(45-3)22-34(33)35/h4-13,16,21-22,27,30,36,43H,14-15,17-20,23-25H2,1-3H3,(H,39,44)/t27?,36-/m0/s1. The minimum atomic E-state index is -0.632. The van der Waals surface area contributed by atoms with Crippen molar-refractivity contribution >= 4 is 22.5 Å². The van der Waals surface area contributed by atoms with Crippen molar-refractivity contribution in [1.82, 2.24) is 20.1 Å². The third-order valence-electron chi connectivity index (χ3n) is 9.43. The lowest BCUT2D eigenvalue weighted by molar-refractivity contribution is 0.0831. The van der Waals surface area contributed by atoms with Crippen molar-refractivity contribution in [2.75, 3.05) is 51.3 Å². The predicted molar refractivity (Wildman–Crippen MR) is 180 cm³/mol. The average molecular weight is 608 g/mol. The van der Waals surface area contributed by atoms with E-state index in [1.807, 2.05) is 36.4 Å². The fourth-order valence-electron chi connectivity index (χ4n) is 6.72. The highest BCUT2D eigenvalue weighted by molar-refractivity contribution is 5.94. The van der Waals surface area contributed by atoms with Gasteiger partial charge >= 0.3 is 0 Å². The van der Waals surface area contributed by atoms with Gasteiger partial charge in [-0.1, -0.05) is 24.3 Å². The predicted octanol–water partition coefficient (Wildman–Crippen LogP) is 5.19. The summed E-state index contributed by atoms with van der Waals surface area (Å²) in [7, 11) is 1.64. The van der Waals surface area contributed by atoms with Crippen molar-refractivity contribution in [3.8, 4) is 5.75 Å². The average Bonchev–Trinajstić information content (AvgIpc) is 3.06. The second kappa shape index (κ2) is 14.0. The van der Waals surface area contributed by atoms with Crippen molar-refractivity contribution in [1.29, 1.82) is 0 Å². The topological polar surface area (TPSA) is 81.2 Å². The molecule has 1 amide bonds. The Morgan fingerprint density at radius 1 is 1.02 bits per heavy atom. The maximum Gasteiger partial charge on any atom is 0.251 e. The number of aliphatic hydroxyl groups is 1. The van der Waals surface area contributed by atoms with E-state index < -0.39 is 6.10 Å². The number of methoxy groups -OCH3 is 1. The van der Waals surface area contributed by atoms with E-state index in [4.69, 9.17) is 4.74 Å². The first kappa shape index (κ1) is 31.0. The number of hydrogen-bond acceptors (Lipinski definition) is 7. The van der Waals surface area contributed by atoms with Gasteiger partial charge in [0, 0.05) is 80.7 Å². The maximum absolute atomic E-state index is 13.1. The van der Waals surface area contributed by atoms with Gasteiger partial charge in [0.05, 0.1) is 18.7 Å². The van der Waals surface area contributed by atoms with Gasteiger partial charge in [-0.15, -0.1) is 0 Å². The van der Waals surface area contributed by atoms with Crippen molar-refractivity contribution in [2.24, 2.45) is 0 Å². The molecule has 236 valence electrons. The Morgan fingerprint density at radius 3 is 2.56 bits per heavy atom. The Hall–Kier alpha value is -3.98. The summed E-state index contributed by atoms with van der Waals surface area (Å²) in [5.41, 5.74) is 6.23. The zero-order chi connectivity index (χ0) is 31.3. The number of piperazine rings is 1. The smallest absolute Gasteiger partial charge is 0.251 e. The lowest BCUT2D eigenvalue weighted by Gasteiger charge is -2.41. The van der Waals surface area contributed by atoms with Crippen molar-refractivity contribution in [3.05, 3.63) is 101 Å². The van der Waals surface area contributed by atoms with E-state index in [-0.39, 0.29) is 11.9 Å². The third-order valence-corrected chi connectivity index (χ3v) is 9.43. The first-order valence-corrected chi connectivity index (χ1v) is 16.1. The highest BCUT2D eigenvalue weighted by atomic mass is 16.5. The molecule has 2 saturated heterocycles. The summed E-state index contributed by atoms with van der Waals surface area (Å²) in [5, 5.41) is 15.3. The summed E-state index contributed by atoms with van der Waals surface area (Å²) >= 11 is 0. The fourth-order valence-corrected chi connectivity index (χ4v) is 6.72. The van der Waals surface area contributed by atoms with E-state index >= 15 is 0 Å². The van der Waals surface area contributed by atoms with E-state index in [2.05, 4.69) is 75.2 Å². The minimum absolute atomic E-state index is 0.0163. The van der Waals surface area contributed by atoms with Crippen LogP contribution in [0.4, 0.5) is 5.69 Å². The minimum Gasteiger partial charge on any atom is -0.497 e. The van der Waals surface area contributed by atoms with Crippen LogP contribution in [0.2, 0.25) is 0 Å². The Labute approximate surface area is 266 Å². The number of carbonyl (C=O) groups excluding carboxylic acids is 1. The van der Waals surface area contributed by atoms with Crippen LogP contribution in [0.1, 0.15) is 52.9 Å². The number of aryl methyl sites for hydroxylation is 1. The molecule has 2 aliphatic rings. The monoisotopic (exact) mass is 607 g/mol. The second-order valence-corrected chi connectivity index (χ2v) is 12.6. The number of fused-ring (bicyclic) bond motifs is 1. The molecule has 4 aromatic rings. The number of nitrogens with zero attached hydrogens (tertiary/aromatic N) is 4. The molecular formula is C37H45N5O3. The van der Waals surface area contributed by atoms with Crippen molar-refractivity contribution in [2.45, 2.75) is 51.4 Å². The SMILES string of the molecule is COc1ccc2nccc([C@@H](O)CN3CCC(NC(=O)c4ccc(CN5CCN(c6cccc(C)c6)CC5C)cc4)CC3)c2c1. The van der Waals surface area contributed by atoms with Crippen LogP contribution in [-0.2, 0) is 6.54 Å². The Balaban J connectivity index is 0.962. The number of likely N-dealkylation sites (tertiary alicyclic amines) is 1. The molecule has 2 atom stereocenters. The number of rotatable bonds is 9. The molecule has 1 aromatic heterocycles. The van der Waals surface area contributed by atoms with Crippen LogP contribution in [0.5, 0.6) is 5.75 Å². The van der Waals surface area contributed by atoms with E-state index in [0.717, 1.165) is 74.3 Å². The fraction of sp³-hybridized carbons (Fsp3) is 0.405. The number of β-amino-alcohol motifs (C(OH)–C–C–N with tert-alkyl or cyclic N) is 1. The van der Waals surface area contributed by atoms with Gasteiger partial charge in [-0.3, -0.25) is 14.7 Å². The van der Waals surface area contributed by atoms with Gasteiger partial charge in [-0.2, -0.15) is 0 Å². The molecule has 2 N–H and O–H groups in total. The lowest BCUT2D eigenvalue weighted by atomic mass is 10.0. The molecule has 8 nitrogen and oxygen atoms in total. The van der Waals surface area contributed by atoms with Crippen LogP contribution in [0.15, 0.2) is 79.0 Å². The number of benzene rings is 3. The van der Waals surface area contributed by atoms with Crippen LogP contribution in [0, 0.1) is 6.92 Å². The molecule has 2 fully saturated rings. The number of hydrogen-bond donors (Lipinski definition) is 2. The van der Waals surface area contributed by atoms with Gasteiger partial charge in [0.1, 0.15) is 5.75 Å². The normalized spacial score (nSPS) is 19.0. The van der Waals surface area contributed by atoms with E-state index in [1.54, 1.807) is 13.3 Å². The largest absolute Gasteiger partial charge is 0.497 e. The number of aliphatic hydroxyl groups excluding tert-OH is 1. The highest BCUT2D eigenvalue weighted by Crippen LogP contribution is 2.28. The molecule has 0 bridgehead atoms. The molecule has 0 radical (unpaired) electrons. The van der Waals surface area contributed by atoms with E-state index in [0.29, 0.717) is 18.2 Å². The molecule has 3 heterocycles.